The molecule has 0 saturated heterocycles. The molecule has 0 amide bonds. The van der Waals surface area contributed by atoms with Crippen molar-refractivity contribution in [2.45, 2.75) is 19.0 Å². The fourth-order valence-electron chi connectivity index (χ4n) is 1.68. The van der Waals surface area contributed by atoms with Gasteiger partial charge in [0, 0.05) is 18.7 Å². The Bertz CT molecular complexity index is 404. The zero-order valence-corrected chi connectivity index (χ0v) is 11.1. The van der Waals surface area contributed by atoms with Crippen LogP contribution in [0.3, 0.4) is 0 Å². The lowest BCUT2D eigenvalue weighted by Gasteiger charge is -2.20. The second-order valence-corrected chi connectivity index (χ2v) is 3.99. The molecule has 0 spiro atoms. The van der Waals surface area contributed by atoms with Crippen LogP contribution in [0.5, 0.6) is 11.5 Å². The Hall–Kier alpha value is -1.70. The van der Waals surface area contributed by atoms with Crippen molar-refractivity contribution in [1.29, 1.82) is 0 Å². The summed E-state index contributed by atoms with van der Waals surface area (Å²) in [7, 11) is 3.24. The third kappa shape index (κ3) is 3.66. The average molecular weight is 248 g/mol. The fraction of sp³-hybridized carbons (Fsp3) is 0.429. The van der Waals surface area contributed by atoms with E-state index in [9.17, 15) is 0 Å². The molecular formula is C14H20N2O2. The van der Waals surface area contributed by atoms with Crippen molar-refractivity contribution >= 4 is 0 Å². The predicted molar refractivity (Wildman–Crippen MR) is 72.8 cm³/mol. The summed E-state index contributed by atoms with van der Waals surface area (Å²) in [4.78, 5) is 0. The van der Waals surface area contributed by atoms with Gasteiger partial charge in [0.2, 0.25) is 0 Å². The van der Waals surface area contributed by atoms with Gasteiger partial charge in [-0.05, 0) is 24.6 Å². The minimum Gasteiger partial charge on any atom is -0.497 e. The molecule has 18 heavy (non-hydrogen) atoms. The van der Waals surface area contributed by atoms with Crippen LogP contribution in [0.4, 0.5) is 0 Å². The molecular weight excluding hydrogens is 228 g/mol. The molecule has 2 unspecified atom stereocenters. The molecule has 0 aliphatic heterocycles. The van der Waals surface area contributed by atoms with E-state index >= 15 is 0 Å². The van der Waals surface area contributed by atoms with Crippen molar-refractivity contribution in [3.05, 3.63) is 23.8 Å². The van der Waals surface area contributed by atoms with E-state index in [2.05, 4.69) is 11.2 Å². The number of nitrogens with one attached hydrogen (secondary N) is 1. The van der Waals surface area contributed by atoms with E-state index in [-0.39, 0.29) is 12.1 Å². The fourth-order valence-corrected chi connectivity index (χ4v) is 1.68. The maximum Gasteiger partial charge on any atom is 0.122 e. The van der Waals surface area contributed by atoms with Gasteiger partial charge in [-0.15, -0.1) is 6.42 Å². The van der Waals surface area contributed by atoms with E-state index < -0.39 is 0 Å². The average Bonchev–Trinajstić information content (AvgIpc) is 2.43. The zero-order chi connectivity index (χ0) is 13.5. The Morgan fingerprint density at radius 1 is 1.28 bits per heavy atom. The lowest BCUT2D eigenvalue weighted by Crippen LogP contribution is -2.34. The summed E-state index contributed by atoms with van der Waals surface area (Å²) >= 11 is 0. The Labute approximate surface area is 108 Å². The second kappa shape index (κ2) is 6.90. The monoisotopic (exact) mass is 248 g/mol. The van der Waals surface area contributed by atoms with Gasteiger partial charge in [0.25, 0.3) is 0 Å². The first-order valence-electron chi connectivity index (χ1n) is 5.79. The number of terminal acetylenes is 1. The summed E-state index contributed by atoms with van der Waals surface area (Å²) in [5.74, 6) is 4.10. The smallest absolute Gasteiger partial charge is 0.122 e. The van der Waals surface area contributed by atoms with Crippen molar-refractivity contribution < 1.29 is 9.47 Å². The van der Waals surface area contributed by atoms with Gasteiger partial charge >= 0.3 is 0 Å². The van der Waals surface area contributed by atoms with Gasteiger partial charge in [0.15, 0.2) is 0 Å². The molecule has 0 fully saturated rings. The highest BCUT2D eigenvalue weighted by Crippen LogP contribution is 2.26. The maximum atomic E-state index is 5.78. The highest BCUT2D eigenvalue weighted by Gasteiger charge is 2.14. The first-order chi connectivity index (χ1) is 8.64. The molecule has 1 rings (SSSR count). The Morgan fingerprint density at radius 2 is 1.83 bits per heavy atom. The van der Waals surface area contributed by atoms with E-state index in [0.29, 0.717) is 6.54 Å². The molecule has 0 heterocycles. The highest BCUT2D eigenvalue weighted by molar-refractivity contribution is 5.40. The first-order valence-corrected chi connectivity index (χ1v) is 5.79. The first kappa shape index (κ1) is 14.4. The van der Waals surface area contributed by atoms with Crippen LogP contribution in [0.1, 0.15) is 18.5 Å². The molecule has 1 aromatic rings. The molecule has 0 bridgehead atoms. The summed E-state index contributed by atoms with van der Waals surface area (Å²) in [6, 6.07) is 5.60. The predicted octanol–water partition coefficient (Wildman–Crippen LogP) is 1.31. The minimum atomic E-state index is -0.0456. The molecule has 4 heteroatoms. The number of hydrogen-bond donors (Lipinski definition) is 2. The van der Waals surface area contributed by atoms with E-state index in [1.165, 1.54) is 0 Å². The number of nitrogens with two attached hydrogens (primary N) is 1. The lowest BCUT2D eigenvalue weighted by atomic mass is 10.1. The molecule has 2 atom stereocenters. The van der Waals surface area contributed by atoms with Gasteiger partial charge in [0.1, 0.15) is 11.5 Å². The van der Waals surface area contributed by atoms with Gasteiger partial charge in [-0.3, -0.25) is 5.32 Å². The molecule has 0 aromatic heterocycles. The van der Waals surface area contributed by atoms with E-state index in [0.717, 1.165) is 17.1 Å². The highest BCUT2D eigenvalue weighted by atomic mass is 16.5. The van der Waals surface area contributed by atoms with Gasteiger partial charge in [-0.25, -0.2) is 0 Å². The van der Waals surface area contributed by atoms with Gasteiger partial charge in [-0.1, -0.05) is 5.92 Å². The van der Waals surface area contributed by atoms with Crippen LogP contribution in [-0.2, 0) is 0 Å². The van der Waals surface area contributed by atoms with Crippen molar-refractivity contribution in [2.24, 2.45) is 5.73 Å². The van der Waals surface area contributed by atoms with Crippen molar-refractivity contribution in [1.82, 2.24) is 5.32 Å². The summed E-state index contributed by atoms with van der Waals surface area (Å²) in [6.45, 7) is 2.36. The third-order valence-electron chi connectivity index (χ3n) is 2.71. The largest absolute Gasteiger partial charge is 0.497 e. The third-order valence-corrected chi connectivity index (χ3v) is 2.71. The van der Waals surface area contributed by atoms with Crippen LogP contribution >= 0.6 is 0 Å². The number of rotatable bonds is 6. The zero-order valence-electron chi connectivity index (χ0n) is 11.1. The van der Waals surface area contributed by atoms with E-state index in [1.807, 2.05) is 25.1 Å². The number of benzene rings is 1. The van der Waals surface area contributed by atoms with Crippen LogP contribution in [0, 0.1) is 12.3 Å². The topological polar surface area (TPSA) is 56.5 Å². The molecule has 0 aliphatic carbocycles. The summed E-state index contributed by atoms with van der Waals surface area (Å²) in [5, 5.41) is 3.26. The van der Waals surface area contributed by atoms with E-state index in [4.69, 9.17) is 21.6 Å². The number of hydrogen-bond acceptors (Lipinski definition) is 4. The minimum absolute atomic E-state index is 0.0277. The van der Waals surface area contributed by atoms with E-state index in [1.54, 1.807) is 14.2 Å². The van der Waals surface area contributed by atoms with Crippen molar-refractivity contribution in [2.75, 3.05) is 20.8 Å². The Balaban J connectivity index is 3.01. The standard InChI is InChI=1S/C14H20N2O2/c1-5-10(2)16-14(9-15)11-6-12(17-3)8-13(7-11)18-4/h1,6-8,10,14,16H,9,15H2,2-4H3. The molecule has 4 nitrogen and oxygen atoms in total. The SMILES string of the molecule is C#CC(C)NC(CN)c1cc(OC)cc(OC)c1. The number of ether oxygens (including phenoxy) is 2. The summed E-state index contributed by atoms with van der Waals surface area (Å²) in [6.07, 6.45) is 5.36. The van der Waals surface area contributed by atoms with Crippen LogP contribution in [0.15, 0.2) is 18.2 Å². The molecule has 3 N–H and O–H groups in total. The molecule has 98 valence electrons. The molecule has 1 aromatic carbocycles. The molecule has 0 radical (unpaired) electrons. The quantitative estimate of drug-likeness (QED) is 0.745. The Kier molecular flexibility index (Phi) is 5.50. The summed E-state index contributed by atoms with van der Waals surface area (Å²) in [5.41, 5.74) is 6.77. The van der Waals surface area contributed by atoms with Gasteiger partial charge < -0.3 is 15.2 Å². The van der Waals surface area contributed by atoms with Crippen LogP contribution < -0.4 is 20.5 Å². The lowest BCUT2D eigenvalue weighted by molar-refractivity contribution is 0.391. The van der Waals surface area contributed by atoms with Gasteiger partial charge in [-0.2, -0.15) is 0 Å². The van der Waals surface area contributed by atoms with Crippen LogP contribution in [0.2, 0.25) is 0 Å². The maximum absolute atomic E-state index is 5.78. The molecule has 0 aliphatic rings. The number of methoxy groups -OCH3 is 2. The van der Waals surface area contributed by atoms with Crippen molar-refractivity contribution in [3.8, 4) is 23.8 Å². The van der Waals surface area contributed by atoms with Crippen molar-refractivity contribution in [3.63, 3.8) is 0 Å². The van der Waals surface area contributed by atoms with Crippen LogP contribution in [0.25, 0.3) is 0 Å². The Morgan fingerprint density at radius 3 is 2.22 bits per heavy atom. The van der Waals surface area contributed by atoms with Crippen LogP contribution in [-0.4, -0.2) is 26.8 Å². The van der Waals surface area contributed by atoms with Gasteiger partial charge in [0.05, 0.1) is 20.3 Å². The second-order valence-electron chi connectivity index (χ2n) is 3.99. The molecule has 0 saturated carbocycles. The normalized spacial score (nSPS) is 13.5. The summed E-state index contributed by atoms with van der Waals surface area (Å²) < 4.78 is 10.5.